The third-order valence-electron chi connectivity index (χ3n) is 15.0. The van der Waals surface area contributed by atoms with E-state index in [4.69, 9.17) is 36.8 Å². The van der Waals surface area contributed by atoms with Crippen molar-refractivity contribution < 1.29 is 18.7 Å². The highest BCUT2D eigenvalue weighted by Crippen LogP contribution is 2.62. The Morgan fingerprint density at radius 1 is 0.672 bits per heavy atom. The quantitative estimate of drug-likeness (QED) is 0.144. The summed E-state index contributed by atoms with van der Waals surface area (Å²) in [5.74, 6) is -0.0404. The lowest BCUT2D eigenvalue weighted by Gasteiger charge is -2.53. The number of hydrogen-bond donors (Lipinski definition) is 1. The van der Waals surface area contributed by atoms with Gasteiger partial charge in [0.15, 0.2) is 16.6 Å². The fourth-order valence-electron chi connectivity index (χ4n) is 11.0. The van der Waals surface area contributed by atoms with E-state index < -0.39 is 28.5 Å². The molecule has 4 aliphatic carbocycles. The Bertz CT molecular complexity index is 2210. The topological polar surface area (TPSA) is 47.9 Å². The van der Waals surface area contributed by atoms with Gasteiger partial charge in [0.1, 0.15) is 6.10 Å². The lowest BCUT2D eigenvalue weighted by molar-refractivity contribution is -0.339. The molecule has 1 saturated heterocycles. The number of aliphatic hydroxyl groups is 1. The van der Waals surface area contributed by atoms with Crippen molar-refractivity contribution in [1.82, 2.24) is 0 Å². The third kappa shape index (κ3) is 11.9. The highest BCUT2D eigenvalue weighted by Gasteiger charge is 2.56. The van der Waals surface area contributed by atoms with E-state index in [9.17, 15) is 5.11 Å². The summed E-state index contributed by atoms with van der Waals surface area (Å²) in [5.41, 5.74) is 9.86. The molecule has 348 valence electrons. The van der Waals surface area contributed by atoms with Crippen LogP contribution in [0.3, 0.4) is 0 Å². The molecule has 7 atom stereocenters. The van der Waals surface area contributed by atoms with Gasteiger partial charge in [0.2, 0.25) is 5.79 Å². The molecule has 0 bridgehead atoms. The first kappa shape index (κ1) is 50.1. The van der Waals surface area contributed by atoms with E-state index in [-0.39, 0.29) is 25.6 Å². The molecule has 2 spiro atoms. The van der Waals surface area contributed by atoms with Gasteiger partial charge in [-0.3, -0.25) is 0 Å². The van der Waals surface area contributed by atoms with Crippen molar-refractivity contribution in [3.05, 3.63) is 138 Å². The molecule has 3 unspecified atom stereocenters. The maximum absolute atomic E-state index is 12.5. The summed E-state index contributed by atoms with van der Waals surface area (Å²) in [6, 6.07) is 30.3. The van der Waals surface area contributed by atoms with Crippen LogP contribution in [-0.2, 0) is 32.2 Å². The second-order valence-electron chi connectivity index (χ2n) is 22.2. The van der Waals surface area contributed by atoms with Crippen molar-refractivity contribution in [2.75, 3.05) is 0 Å². The summed E-state index contributed by atoms with van der Waals surface area (Å²) >= 11 is 16.6. The van der Waals surface area contributed by atoms with E-state index in [1.54, 1.807) is 0 Å². The van der Waals surface area contributed by atoms with E-state index in [2.05, 4.69) is 124 Å². The van der Waals surface area contributed by atoms with Crippen LogP contribution in [0.15, 0.2) is 89.4 Å². The zero-order valence-electron chi connectivity index (χ0n) is 39.0. The minimum atomic E-state index is -2.08. The summed E-state index contributed by atoms with van der Waals surface area (Å²) in [6.07, 6.45) is 15.5. The monoisotopic (exact) mass is 1000 g/mol. The van der Waals surface area contributed by atoms with Crippen molar-refractivity contribution in [3.63, 3.8) is 0 Å². The number of ether oxygens (including phenoxy) is 1. The number of halogens is 3. The lowest BCUT2D eigenvalue weighted by atomic mass is 9.82. The molecule has 9 heteroatoms. The molecular formula is C55H75BrCl2O4Si2. The van der Waals surface area contributed by atoms with Crippen molar-refractivity contribution >= 4 is 55.8 Å². The van der Waals surface area contributed by atoms with E-state index in [0.29, 0.717) is 28.3 Å². The van der Waals surface area contributed by atoms with Gasteiger partial charge in [-0.05, 0) is 209 Å². The van der Waals surface area contributed by atoms with Gasteiger partial charge in [-0.2, -0.15) is 0 Å². The molecule has 64 heavy (non-hydrogen) atoms. The minimum absolute atomic E-state index is 0. The Kier molecular flexibility index (Phi) is 15.4. The van der Waals surface area contributed by atoms with Gasteiger partial charge in [-0.15, -0.1) is 0 Å². The van der Waals surface area contributed by atoms with Gasteiger partial charge in [-0.25, -0.2) is 0 Å². The molecular weight excluding hydrogens is 932 g/mol. The van der Waals surface area contributed by atoms with Gasteiger partial charge in [-0.1, -0.05) is 115 Å². The normalized spacial score (nSPS) is 27.8. The minimum Gasteiger partial charge on any atom is -0.412 e. The molecule has 5 fully saturated rings. The van der Waals surface area contributed by atoms with Crippen molar-refractivity contribution in [1.29, 1.82) is 0 Å². The largest absolute Gasteiger partial charge is 0.412 e. The van der Waals surface area contributed by atoms with Gasteiger partial charge in [0.25, 0.3) is 0 Å². The van der Waals surface area contributed by atoms with Crippen LogP contribution in [0.25, 0.3) is 0 Å². The van der Waals surface area contributed by atoms with Crippen LogP contribution in [0, 0.1) is 16.7 Å². The Balaban J connectivity index is 0.000000223. The summed E-state index contributed by atoms with van der Waals surface area (Å²) in [5, 5.41) is 14.0. The van der Waals surface area contributed by atoms with Gasteiger partial charge in [0.05, 0.1) is 12.2 Å². The van der Waals surface area contributed by atoms with Gasteiger partial charge in [0, 0.05) is 26.0 Å². The van der Waals surface area contributed by atoms with E-state index in [1.807, 2.05) is 30.3 Å². The summed E-state index contributed by atoms with van der Waals surface area (Å²) < 4.78 is 21.3. The maximum Gasteiger partial charge on any atom is 0.221 e. The predicted molar refractivity (Wildman–Crippen MR) is 277 cm³/mol. The summed E-state index contributed by atoms with van der Waals surface area (Å²) in [4.78, 5) is 0. The molecule has 1 aliphatic heterocycles. The molecule has 4 nitrogen and oxygen atoms in total. The van der Waals surface area contributed by atoms with Crippen molar-refractivity contribution in [2.45, 2.75) is 180 Å². The highest BCUT2D eigenvalue weighted by atomic mass is 79.9. The molecule has 4 aromatic carbocycles. The fourth-order valence-corrected chi connectivity index (χ4v) is 14.0. The number of benzene rings is 4. The zero-order chi connectivity index (χ0) is 45.0. The molecule has 9 rings (SSSR count). The second kappa shape index (κ2) is 19.7. The first-order chi connectivity index (χ1) is 29.7. The molecule has 5 aliphatic rings. The van der Waals surface area contributed by atoms with Gasteiger partial charge < -0.3 is 18.7 Å². The Labute approximate surface area is 407 Å². The van der Waals surface area contributed by atoms with E-state index in [0.717, 1.165) is 39.2 Å². The summed E-state index contributed by atoms with van der Waals surface area (Å²) in [7, 11) is -4.04. The van der Waals surface area contributed by atoms with Crippen LogP contribution >= 0.6 is 39.1 Å². The molecule has 0 aromatic heterocycles. The van der Waals surface area contributed by atoms with Crippen LogP contribution in [0.5, 0.6) is 0 Å². The molecule has 0 radical (unpaired) electrons. The SMILES string of the molecule is C.CC[C@H]1OC(O)(c2ccc(Cl)c(Cc3ccc(C4CCC5(CC5)C4)cc3)c2)[C@H](O[Si](C)(C)C)[C@@H](O[Si](C)(C)C)[C@@H]1C.Clc1ccc(Br)cc1Cc1ccc(C2CCC3(CC3)C2)cc1. The van der Waals surface area contributed by atoms with Crippen LogP contribution in [0.2, 0.25) is 49.3 Å². The van der Waals surface area contributed by atoms with E-state index >= 15 is 0 Å². The van der Waals surface area contributed by atoms with Crippen LogP contribution in [0.1, 0.15) is 143 Å². The average molecular weight is 1010 g/mol. The highest BCUT2D eigenvalue weighted by molar-refractivity contribution is 9.10. The number of hydrogen-bond acceptors (Lipinski definition) is 4. The first-order valence-corrected chi connectivity index (χ1v) is 32.3. The Morgan fingerprint density at radius 3 is 1.58 bits per heavy atom. The lowest BCUT2D eigenvalue weighted by Crippen LogP contribution is -2.64. The van der Waals surface area contributed by atoms with Crippen LogP contribution in [-0.4, -0.2) is 40.1 Å². The molecule has 0 amide bonds. The smallest absolute Gasteiger partial charge is 0.221 e. The predicted octanol–water partition coefficient (Wildman–Crippen LogP) is 16.4. The Morgan fingerprint density at radius 2 is 1.14 bits per heavy atom. The molecule has 4 aromatic rings. The van der Waals surface area contributed by atoms with Crippen molar-refractivity contribution in [2.24, 2.45) is 16.7 Å². The standard InChI is InChI=1S/C34H51ClO4Si2.C20H20BrCl.CH4/c1-9-30-23(2)31(38-40(3,4)5)32(39-41(6,7)8)34(36,37-30)28-14-15-29(35)27(21-28)20-24-10-12-25(13-11-24)26-16-17-33(22-26)18-19-33;21-18-5-6-19(22)17(12-18)11-14-1-3-15(4-2-14)16-7-8-20(13-16)9-10-20;/h10-15,21,23,26,30-32,36H,9,16-20,22H2,1-8H3;1-6,12,16H,7-11,13H2;1H4/t23-,26?,30-,31+,32-,34?;;/m1../s1. The van der Waals surface area contributed by atoms with Crippen LogP contribution in [0.4, 0.5) is 0 Å². The fraction of sp³-hybridized carbons (Fsp3) is 0.564. The molecule has 4 saturated carbocycles. The second-order valence-corrected chi connectivity index (χ2v) is 32.9. The van der Waals surface area contributed by atoms with E-state index in [1.165, 1.54) is 92.0 Å². The maximum atomic E-state index is 12.5. The Hall–Kier alpha value is -1.79. The summed E-state index contributed by atoms with van der Waals surface area (Å²) in [6.45, 7) is 17.3. The molecule has 1 N–H and O–H groups in total. The van der Waals surface area contributed by atoms with Crippen LogP contribution < -0.4 is 0 Å². The first-order valence-electron chi connectivity index (χ1n) is 23.9. The number of rotatable bonds is 12. The average Bonchev–Trinajstić information content (AvgIpc) is 4.08. The van der Waals surface area contributed by atoms with Gasteiger partial charge >= 0.3 is 0 Å². The molecule has 1 heterocycles. The van der Waals surface area contributed by atoms with Crippen molar-refractivity contribution in [3.8, 4) is 0 Å². The zero-order valence-corrected chi connectivity index (χ0v) is 44.1. The third-order valence-corrected chi connectivity index (χ3v) is 18.1.